The number of allylic oxidation sites excluding steroid dienone is 2. The average molecular weight is 762 g/mol. The molecule has 0 saturated heterocycles. The fraction of sp³-hybridized carbons (Fsp3) is 0.553. The molecule has 1 saturated carbocycles. The maximum atomic E-state index is 11.7. The molecule has 0 atom stereocenters. The first-order chi connectivity index (χ1) is 20.1. The molecule has 0 spiro atoms. The molecule has 5 heteroatoms. The second-order valence-corrected chi connectivity index (χ2v) is 13.1. The van der Waals surface area contributed by atoms with Crippen LogP contribution in [0.2, 0.25) is 0 Å². The second kappa shape index (κ2) is 17.8. The fourth-order valence-corrected chi connectivity index (χ4v) is 6.11. The van der Waals surface area contributed by atoms with Crippen molar-refractivity contribution in [2.24, 2.45) is 17.3 Å². The van der Waals surface area contributed by atoms with Crippen LogP contribution in [0.4, 0.5) is 0 Å². The Hall–Kier alpha value is -2.36. The van der Waals surface area contributed by atoms with E-state index in [0.717, 1.165) is 49.1 Å². The molecule has 1 aromatic heterocycles. The second-order valence-electron chi connectivity index (χ2n) is 13.1. The third-order valence-corrected chi connectivity index (χ3v) is 8.65. The molecule has 4 nitrogen and oxygen atoms in total. The van der Waals surface area contributed by atoms with Crippen LogP contribution < -0.4 is 0 Å². The first-order valence-electron chi connectivity index (χ1n) is 16.3. The largest absolute Gasteiger partial charge is 0.512 e. The van der Waals surface area contributed by atoms with Crippen molar-refractivity contribution >= 4 is 16.6 Å². The van der Waals surface area contributed by atoms with Gasteiger partial charge in [-0.2, -0.15) is 0 Å². The summed E-state index contributed by atoms with van der Waals surface area (Å²) in [5.74, 6) is 1.21. The van der Waals surface area contributed by atoms with Gasteiger partial charge in [-0.05, 0) is 62.3 Å². The minimum Gasteiger partial charge on any atom is -0.512 e. The number of benzene rings is 2. The van der Waals surface area contributed by atoms with Gasteiger partial charge < -0.3 is 5.11 Å². The van der Waals surface area contributed by atoms with Gasteiger partial charge in [-0.15, -0.1) is 29.1 Å². The van der Waals surface area contributed by atoms with Crippen molar-refractivity contribution in [1.29, 1.82) is 0 Å². The molecule has 4 rings (SSSR count). The van der Waals surface area contributed by atoms with Gasteiger partial charge in [0.15, 0.2) is 5.78 Å². The third-order valence-electron chi connectivity index (χ3n) is 8.65. The minimum atomic E-state index is 0. The van der Waals surface area contributed by atoms with Crippen LogP contribution in [0.5, 0.6) is 0 Å². The average Bonchev–Trinajstić information content (AvgIpc) is 2.98. The molecule has 1 aliphatic rings. The molecule has 2 aromatic carbocycles. The quantitative estimate of drug-likeness (QED) is 0.127. The molecule has 1 aliphatic carbocycles. The van der Waals surface area contributed by atoms with E-state index in [-0.39, 0.29) is 48.9 Å². The maximum absolute atomic E-state index is 11.7. The fourth-order valence-electron chi connectivity index (χ4n) is 6.11. The van der Waals surface area contributed by atoms with Gasteiger partial charge in [0.2, 0.25) is 0 Å². The summed E-state index contributed by atoms with van der Waals surface area (Å²) in [5.41, 5.74) is 4.90. The summed E-state index contributed by atoms with van der Waals surface area (Å²) in [6, 6.07) is 16.8. The van der Waals surface area contributed by atoms with Crippen LogP contribution in [0.15, 0.2) is 54.6 Å². The van der Waals surface area contributed by atoms with E-state index in [0.29, 0.717) is 5.92 Å². The Bertz CT molecular complexity index is 1310. The Labute approximate surface area is 274 Å². The maximum Gasteiger partial charge on any atom is 0.162 e. The van der Waals surface area contributed by atoms with Crippen LogP contribution in [-0.2, 0) is 31.3 Å². The van der Waals surface area contributed by atoms with Gasteiger partial charge in [-0.3, -0.25) is 9.78 Å². The summed E-state index contributed by atoms with van der Waals surface area (Å²) in [5, 5.41) is 12.3. The molecule has 0 bridgehead atoms. The van der Waals surface area contributed by atoms with Crippen LogP contribution in [-0.4, -0.2) is 20.9 Å². The summed E-state index contributed by atoms with van der Waals surface area (Å²) >= 11 is 0. The van der Waals surface area contributed by atoms with E-state index >= 15 is 0 Å². The van der Waals surface area contributed by atoms with E-state index in [1.165, 1.54) is 54.5 Å². The van der Waals surface area contributed by atoms with Gasteiger partial charge >= 0.3 is 0 Å². The first-order valence-corrected chi connectivity index (χ1v) is 16.3. The third kappa shape index (κ3) is 10.9. The Morgan fingerprint density at radius 2 is 1.58 bits per heavy atom. The van der Waals surface area contributed by atoms with Crippen molar-refractivity contribution in [2.75, 3.05) is 0 Å². The normalized spacial score (nSPS) is 14.4. The number of nitrogens with zero attached hydrogens (tertiary/aromatic N) is 2. The van der Waals surface area contributed by atoms with E-state index in [2.05, 4.69) is 73.2 Å². The number of fused-ring (bicyclic) bond motifs is 1. The molecule has 237 valence electrons. The topological polar surface area (TPSA) is 63.1 Å². The van der Waals surface area contributed by atoms with Crippen molar-refractivity contribution in [3.8, 4) is 11.3 Å². The zero-order valence-corrected chi connectivity index (χ0v) is 29.9. The molecular formula is C38H53IrN2O2-. The van der Waals surface area contributed by atoms with Gasteiger partial charge in [0.1, 0.15) is 6.33 Å². The first kappa shape index (κ1) is 36.8. The number of aromatic nitrogens is 2. The van der Waals surface area contributed by atoms with Crippen LogP contribution >= 0.6 is 0 Å². The number of hydrogen-bond acceptors (Lipinski definition) is 4. The predicted octanol–water partition coefficient (Wildman–Crippen LogP) is 10.6. The van der Waals surface area contributed by atoms with Gasteiger partial charge in [-0.25, -0.2) is 4.98 Å². The van der Waals surface area contributed by atoms with E-state index in [4.69, 9.17) is 0 Å². The molecule has 0 aliphatic heterocycles. The Balaban J connectivity index is 0.000000348. The Kier molecular flexibility index (Phi) is 15.3. The zero-order chi connectivity index (χ0) is 30.7. The number of aliphatic hydroxyl groups is 1. The van der Waals surface area contributed by atoms with Crippen LogP contribution in [0, 0.1) is 23.3 Å². The summed E-state index contributed by atoms with van der Waals surface area (Å²) in [6.45, 7) is 14.8. The smallest absolute Gasteiger partial charge is 0.162 e. The number of carbonyl (C=O) groups excluding carboxylic acids is 1. The number of aliphatic hydroxyl groups excluding tert-OH is 1. The van der Waals surface area contributed by atoms with Gasteiger partial charge in [0.25, 0.3) is 0 Å². The molecule has 1 fully saturated rings. The number of hydrogen-bond donors (Lipinski definition) is 1. The number of ketones is 1. The SMILES string of the molecule is CC(C)(C)Cc1cc(-c2[c-]c3ccccc3c(C3CCCCC3)c2)ncn1.CCC(CC)C(=O)/C=C(\O)C(CC)CC.[Ir]. The van der Waals surface area contributed by atoms with Crippen molar-refractivity contribution in [2.45, 2.75) is 119 Å². The van der Waals surface area contributed by atoms with Gasteiger partial charge in [0.05, 0.1) is 5.76 Å². The molecule has 3 aromatic rings. The van der Waals surface area contributed by atoms with Gasteiger partial charge in [0, 0.05) is 49.4 Å². The standard InChI is InChI=1S/C25H29N2.C13H24O2.Ir/c1-25(2,3)16-21-15-24(27-17-26-21)20-13-19-11-7-8-12-22(19)23(14-20)18-9-5-4-6-10-18;1-5-10(6-2)12(14)9-13(15)11(7-3)8-4;/h7-8,11-12,14-15,17-18H,4-6,9-10,16H2,1-3H3;9-11,14H,5-8H2,1-4H3;/q-1;;/b;12-9-;. The number of carbonyl (C=O) groups is 1. The monoisotopic (exact) mass is 762 g/mol. The van der Waals surface area contributed by atoms with E-state index in [1.807, 2.05) is 27.7 Å². The van der Waals surface area contributed by atoms with E-state index < -0.39 is 0 Å². The summed E-state index contributed by atoms with van der Waals surface area (Å²) in [4.78, 5) is 20.8. The molecule has 1 heterocycles. The van der Waals surface area contributed by atoms with E-state index in [1.54, 1.807) is 6.33 Å². The molecular weight excluding hydrogens is 709 g/mol. The van der Waals surface area contributed by atoms with Crippen LogP contribution in [0.1, 0.15) is 123 Å². The predicted molar refractivity (Wildman–Crippen MR) is 177 cm³/mol. The summed E-state index contributed by atoms with van der Waals surface area (Å²) < 4.78 is 0. The summed E-state index contributed by atoms with van der Waals surface area (Å²) in [6.07, 6.45) is 14.2. The van der Waals surface area contributed by atoms with Crippen molar-refractivity contribution < 1.29 is 30.0 Å². The van der Waals surface area contributed by atoms with Crippen LogP contribution in [0.3, 0.4) is 0 Å². The van der Waals surface area contributed by atoms with E-state index in [9.17, 15) is 9.90 Å². The molecule has 0 amide bonds. The van der Waals surface area contributed by atoms with Crippen molar-refractivity contribution in [1.82, 2.24) is 9.97 Å². The summed E-state index contributed by atoms with van der Waals surface area (Å²) in [7, 11) is 0. The molecule has 1 N–H and O–H groups in total. The zero-order valence-electron chi connectivity index (χ0n) is 27.5. The Morgan fingerprint density at radius 3 is 2.19 bits per heavy atom. The molecule has 1 radical (unpaired) electrons. The van der Waals surface area contributed by atoms with Crippen molar-refractivity contribution in [3.63, 3.8) is 0 Å². The minimum absolute atomic E-state index is 0. The number of rotatable bonds is 10. The Morgan fingerprint density at radius 1 is 0.953 bits per heavy atom. The van der Waals surface area contributed by atoms with Crippen molar-refractivity contribution in [3.05, 3.63) is 71.9 Å². The van der Waals surface area contributed by atoms with Gasteiger partial charge in [-0.1, -0.05) is 96.9 Å². The molecule has 43 heavy (non-hydrogen) atoms. The van der Waals surface area contributed by atoms with Crippen LogP contribution in [0.25, 0.3) is 22.0 Å². The molecule has 0 unspecified atom stereocenters.